The monoisotopic (exact) mass is 423 g/mol. The molecule has 1 heterocycles. The summed E-state index contributed by atoms with van der Waals surface area (Å²) in [6, 6.07) is 7.04. The van der Waals surface area contributed by atoms with E-state index in [2.05, 4.69) is 5.32 Å². The van der Waals surface area contributed by atoms with Crippen LogP contribution in [0.4, 0.5) is 30.2 Å². The van der Waals surface area contributed by atoms with Crippen LogP contribution in [0, 0.1) is 17.0 Å². The predicted molar refractivity (Wildman–Crippen MR) is 100 cm³/mol. The van der Waals surface area contributed by atoms with Crippen molar-refractivity contribution in [3.8, 4) is 5.75 Å². The number of hydrogen-bond acceptors (Lipinski definition) is 5. The number of nitro benzene ring substituents is 1. The minimum Gasteiger partial charge on any atom is -0.484 e. The Morgan fingerprint density at radius 3 is 2.63 bits per heavy atom. The van der Waals surface area contributed by atoms with Gasteiger partial charge >= 0.3 is 6.18 Å². The molecule has 0 radical (unpaired) electrons. The smallest absolute Gasteiger partial charge is 0.409 e. The molecule has 0 unspecified atom stereocenters. The Kier molecular flexibility index (Phi) is 5.63. The van der Waals surface area contributed by atoms with Crippen molar-refractivity contribution in [2.24, 2.45) is 0 Å². The second-order valence-corrected chi connectivity index (χ2v) is 6.58. The Labute approximate surface area is 168 Å². The van der Waals surface area contributed by atoms with E-state index in [9.17, 15) is 32.9 Å². The maximum absolute atomic E-state index is 13.7. The van der Waals surface area contributed by atoms with Gasteiger partial charge in [0, 0.05) is 11.6 Å². The van der Waals surface area contributed by atoms with Crippen LogP contribution in [-0.2, 0) is 9.59 Å². The van der Waals surface area contributed by atoms with Crippen LogP contribution < -0.4 is 15.0 Å². The SMILES string of the molecule is Cc1cc(OCC(=O)N2c3ccccc3NC(=O)C[C@H]2C(F)(F)F)ccc1[N+](=O)[O-]. The number of carbonyl (C=O) groups is 2. The Bertz CT molecular complexity index is 1010. The quantitative estimate of drug-likeness (QED) is 0.598. The van der Waals surface area contributed by atoms with Gasteiger partial charge in [-0.2, -0.15) is 13.2 Å². The van der Waals surface area contributed by atoms with E-state index in [1.54, 1.807) is 0 Å². The van der Waals surface area contributed by atoms with Gasteiger partial charge in [-0.05, 0) is 31.2 Å². The number of nitro groups is 1. The third kappa shape index (κ3) is 4.34. The fourth-order valence-electron chi connectivity index (χ4n) is 3.13. The lowest BCUT2D eigenvalue weighted by molar-refractivity contribution is -0.385. The number of fused-ring (bicyclic) bond motifs is 1. The van der Waals surface area contributed by atoms with Gasteiger partial charge in [0.05, 0.1) is 22.7 Å². The van der Waals surface area contributed by atoms with Gasteiger partial charge in [-0.1, -0.05) is 12.1 Å². The van der Waals surface area contributed by atoms with Crippen molar-refractivity contribution in [2.45, 2.75) is 25.6 Å². The van der Waals surface area contributed by atoms with E-state index in [0.717, 1.165) is 0 Å². The predicted octanol–water partition coefficient (Wildman–Crippen LogP) is 3.59. The number of nitrogens with one attached hydrogen (secondary N) is 1. The van der Waals surface area contributed by atoms with Gasteiger partial charge in [0.2, 0.25) is 5.91 Å². The standard InChI is InChI=1S/C19H16F3N3O5/c1-11-8-12(6-7-14(11)25(28)29)30-10-18(27)24-15-5-3-2-4-13(15)23-17(26)9-16(24)19(20,21)22/h2-8,16H,9-10H2,1H3,(H,23,26)/t16-/m0/s1. The van der Waals surface area contributed by atoms with Crippen LogP contribution in [0.25, 0.3) is 0 Å². The fourth-order valence-corrected chi connectivity index (χ4v) is 3.13. The van der Waals surface area contributed by atoms with Crippen LogP contribution in [-0.4, -0.2) is 35.6 Å². The lowest BCUT2D eigenvalue weighted by Crippen LogP contribution is -2.51. The molecule has 1 atom stereocenters. The maximum Gasteiger partial charge on any atom is 0.409 e. The molecular formula is C19H16F3N3O5. The molecule has 1 aliphatic heterocycles. The van der Waals surface area contributed by atoms with Crippen molar-refractivity contribution in [1.29, 1.82) is 0 Å². The van der Waals surface area contributed by atoms with Gasteiger partial charge in [-0.15, -0.1) is 0 Å². The summed E-state index contributed by atoms with van der Waals surface area (Å²) in [5.41, 5.74) is 0.0952. The first kappa shape index (κ1) is 21.1. The summed E-state index contributed by atoms with van der Waals surface area (Å²) in [6.07, 6.45) is -5.81. The van der Waals surface area contributed by atoms with Crippen molar-refractivity contribution >= 4 is 28.9 Å². The van der Waals surface area contributed by atoms with Gasteiger partial charge in [0.15, 0.2) is 6.61 Å². The third-order valence-electron chi connectivity index (χ3n) is 4.50. The summed E-state index contributed by atoms with van der Waals surface area (Å²) in [5.74, 6) is -1.79. The van der Waals surface area contributed by atoms with Crippen LogP contribution in [0.2, 0.25) is 0 Å². The zero-order valence-electron chi connectivity index (χ0n) is 15.6. The highest BCUT2D eigenvalue weighted by molar-refractivity contribution is 6.05. The normalized spacial score (nSPS) is 16.3. The molecule has 0 spiro atoms. The van der Waals surface area contributed by atoms with E-state index in [4.69, 9.17) is 4.74 Å². The van der Waals surface area contributed by atoms with Crippen molar-refractivity contribution in [3.63, 3.8) is 0 Å². The number of benzene rings is 2. The van der Waals surface area contributed by atoms with Gasteiger partial charge < -0.3 is 10.1 Å². The first-order valence-corrected chi connectivity index (χ1v) is 8.73. The van der Waals surface area contributed by atoms with E-state index in [1.807, 2.05) is 0 Å². The average molecular weight is 423 g/mol. The Morgan fingerprint density at radius 1 is 1.30 bits per heavy atom. The lowest BCUT2D eigenvalue weighted by atomic mass is 10.1. The summed E-state index contributed by atoms with van der Waals surface area (Å²) < 4.78 is 46.3. The van der Waals surface area contributed by atoms with Crippen LogP contribution in [0.15, 0.2) is 42.5 Å². The van der Waals surface area contributed by atoms with Gasteiger partial charge in [0.1, 0.15) is 11.8 Å². The third-order valence-corrected chi connectivity index (χ3v) is 4.50. The van der Waals surface area contributed by atoms with Gasteiger partial charge in [-0.3, -0.25) is 24.6 Å². The minimum absolute atomic E-state index is 0.0776. The molecule has 0 fully saturated rings. The second kappa shape index (κ2) is 8.01. The molecule has 2 amide bonds. The molecular weight excluding hydrogens is 407 g/mol. The van der Waals surface area contributed by atoms with Crippen molar-refractivity contribution in [1.82, 2.24) is 0 Å². The summed E-state index contributed by atoms with van der Waals surface area (Å²) in [7, 11) is 0. The molecule has 158 valence electrons. The molecule has 0 bridgehead atoms. The number of nitrogens with zero attached hydrogens (tertiary/aromatic N) is 2. The first-order valence-electron chi connectivity index (χ1n) is 8.73. The molecule has 30 heavy (non-hydrogen) atoms. The van der Waals surface area contributed by atoms with Crippen LogP contribution in [0.3, 0.4) is 0 Å². The summed E-state index contributed by atoms with van der Waals surface area (Å²) in [4.78, 5) is 35.5. The first-order chi connectivity index (χ1) is 14.1. The maximum atomic E-state index is 13.7. The molecule has 1 aliphatic rings. The molecule has 0 saturated heterocycles. The van der Waals surface area contributed by atoms with Gasteiger partial charge in [0.25, 0.3) is 11.6 Å². The van der Waals surface area contributed by atoms with E-state index >= 15 is 0 Å². The largest absolute Gasteiger partial charge is 0.484 e. The fraction of sp³-hybridized carbons (Fsp3) is 0.263. The Hall–Kier alpha value is -3.63. The summed E-state index contributed by atoms with van der Waals surface area (Å²) in [6.45, 7) is 0.710. The number of ether oxygens (including phenoxy) is 1. The molecule has 11 heteroatoms. The zero-order valence-corrected chi connectivity index (χ0v) is 15.6. The number of rotatable bonds is 4. The Balaban J connectivity index is 1.89. The summed E-state index contributed by atoms with van der Waals surface area (Å²) >= 11 is 0. The van der Waals surface area contributed by atoms with Gasteiger partial charge in [-0.25, -0.2) is 0 Å². The molecule has 0 aromatic heterocycles. The van der Waals surface area contributed by atoms with Crippen molar-refractivity contribution in [3.05, 3.63) is 58.1 Å². The molecule has 0 aliphatic carbocycles. The highest BCUT2D eigenvalue weighted by Gasteiger charge is 2.49. The van der Waals surface area contributed by atoms with E-state index in [-0.39, 0.29) is 28.4 Å². The number of para-hydroxylation sites is 2. The minimum atomic E-state index is -4.85. The number of carbonyl (C=O) groups excluding carboxylic acids is 2. The van der Waals surface area contributed by atoms with Crippen molar-refractivity contribution in [2.75, 3.05) is 16.8 Å². The number of amides is 2. The number of anilines is 2. The Morgan fingerprint density at radius 2 is 2.00 bits per heavy atom. The molecule has 2 aromatic rings. The van der Waals surface area contributed by atoms with Crippen molar-refractivity contribution < 1.29 is 32.4 Å². The van der Waals surface area contributed by atoms with E-state index in [0.29, 0.717) is 4.90 Å². The van der Waals surface area contributed by atoms with E-state index in [1.165, 1.54) is 49.4 Å². The van der Waals surface area contributed by atoms with Crippen LogP contribution >= 0.6 is 0 Å². The van der Waals surface area contributed by atoms with Crippen LogP contribution in [0.1, 0.15) is 12.0 Å². The summed E-state index contributed by atoms with van der Waals surface area (Å²) in [5, 5.41) is 13.2. The number of alkyl halides is 3. The zero-order chi connectivity index (χ0) is 22.1. The highest BCUT2D eigenvalue weighted by atomic mass is 19.4. The number of halogens is 3. The van der Waals surface area contributed by atoms with Crippen LogP contribution in [0.5, 0.6) is 5.75 Å². The average Bonchev–Trinajstić information content (AvgIpc) is 2.81. The topological polar surface area (TPSA) is 102 Å². The molecule has 0 saturated carbocycles. The molecule has 1 N–H and O–H groups in total. The molecule has 3 rings (SSSR count). The lowest BCUT2D eigenvalue weighted by Gasteiger charge is -2.31. The molecule has 8 nitrogen and oxygen atoms in total. The van der Waals surface area contributed by atoms with E-state index < -0.39 is 42.0 Å². The number of aryl methyl sites for hydroxylation is 1. The number of hydrogen-bond donors (Lipinski definition) is 1. The highest BCUT2D eigenvalue weighted by Crippen LogP contribution is 2.37. The second-order valence-electron chi connectivity index (χ2n) is 6.58. The molecule has 2 aromatic carbocycles.